The maximum absolute atomic E-state index is 10.9. The topological polar surface area (TPSA) is 26.3 Å². The van der Waals surface area contributed by atoms with Gasteiger partial charge in [0.25, 0.3) is 0 Å². The first-order chi connectivity index (χ1) is 5.45. The minimum absolute atomic E-state index is 0.108. The fraction of sp³-hybridized carbons (Fsp3) is 0.778. The molecule has 0 N–H and O–H groups in total. The zero-order chi connectivity index (χ0) is 9.61. The lowest BCUT2D eigenvalue weighted by Crippen LogP contribution is -2.22. The van der Waals surface area contributed by atoms with Crippen LogP contribution in [0, 0.1) is 6.92 Å². The van der Waals surface area contributed by atoms with E-state index in [1.165, 1.54) is 0 Å². The molecule has 0 unspecified atom stereocenters. The van der Waals surface area contributed by atoms with Gasteiger partial charge in [-0.05, 0) is 12.5 Å². The van der Waals surface area contributed by atoms with Crippen molar-refractivity contribution in [3.63, 3.8) is 0 Å². The molecular formula is C9H19O2Si. The smallest absolute Gasteiger partial charge is 0.305 e. The van der Waals surface area contributed by atoms with E-state index in [1.54, 1.807) is 0 Å². The van der Waals surface area contributed by atoms with Crippen LogP contribution in [-0.4, -0.2) is 20.7 Å². The number of hydrogen-bond donors (Lipinski definition) is 0. The summed E-state index contributed by atoms with van der Waals surface area (Å²) in [5, 5.41) is 0. The van der Waals surface area contributed by atoms with Crippen molar-refractivity contribution < 1.29 is 9.53 Å². The molecule has 0 aromatic heterocycles. The van der Waals surface area contributed by atoms with E-state index < -0.39 is 8.07 Å². The van der Waals surface area contributed by atoms with Gasteiger partial charge in [-0.25, -0.2) is 0 Å². The summed E-state index contributed by atoms with van der Waals surface area (Å²) in [5.74, 6) is -0.108. The standard InChI is InChI=1S/C9H19O2Si/c1-5-6-9(10)11-7-8-12(2,3)4/h1,5-8H2,2-4H3. The Hall–Kier alpha value is -0.313. The van der Waals surface area contributed by atoms with Crippen LogP contribution >= 0.6 is 0 Å². The maximum atomic E-state index is 10.9. The van der Waals surface area contributed by atoms with E-state index in [-0.39, 0.29) is 5.97 Å². The first kappa shape index (κ1) is 11.7. The Balaban J connectivity index is 3.37. The SMILES string of the molecule is [CH2]CCC(=O)OCC[Si](C)(C)C. The Morgan fingerprint density at radius 2 is 2.00 bits per heavy atom. The van der Waals surface area contributed by atoms with Gasteiger partial charge in [0.15, 0.2) is 0 Å². The quantitative estimate of drug-likeness (QED) is 0.488. The van der Waals surface area contributed by atoms with Gasteiger partial charge in [-0.1, -0.05) is 26.6 Å². The number of esters is 1. The second-order valence-corrected chi connectivity index (χ2v) is 9.76. The molecule has 3 heteroatoms. The Labute approximate surface area is 76.3 Å². The molecule has 0 saturated carbocycles. The molecule has 0 aliphatic rings. The second-order valence-electron chi connectivity index (χ2n) is 4.13. The van der Waals surface area contributed by atoms with Gasteiger partial charge in [0.05, 0.1) is 6.61 Å². The Bertz CT molecular complexity index is 138. The fourth-order valence-corrected chi connectivity index (χ4v) is 1.40. The number of rotatable bonds is 5. The lowest BCUT2D eigenvalue weighted by molar-refractivity contribution is -0.143. The molecule has 0 bridgehead atoms. The maximum Gasteiger partial charge on any atom is 0.305 e. The largest absolute Gasteiger partial charge is 0.466 e. The molecule has 0 fully saturated rings. The minimum atomic E-state index is -1.04. The van der Waals surface area contributed by atoms with Crippen molar-refractivity contribution in [1.29, 1.82) is 0 Å². The molecule has 2 nitrogen and oxygen atoms in total. The highest BCUT2D eigenvalue weighted by molar-refractivity contribution is 6.76. The minimum Gasteiger partial charge on any atom is -0.466 e. The molecule has 0 heterocycles. The van der Waals surface area contributed by atoms with E-state index in [1.807, 2.05) is 0 Å². The van der Waals surface area contributed by atoms with E-state index in [0.717, 1.165) is 6.04 Å². The highest BCUT2D eigenvalue weighted by Crippen LogP contribution is 2.07. The van der Waals surface area contributed by atoms with E-state index in [9.17, 15) is 4.79 Å². The van der Waals surface area contributed by atoms with Crippen molar-refractivity contribution in [2.75, 3.05) is 6.61 Å². The van der Waals surface area contributed by atoms with E-state index in [4.69, 9.17) is 4.74 Å². The van der Waals surface area contributed by atoms with Crippen LogP contribution in [0.2, 0.25) is 25.7 Å². The molecule has 0 amide bonds. The van der Waals surface area contributed by atoms with Gasteiger partial charge in [-0.2, -0.15) is 0 Å². The first-order valence-corrected chi connectivity index (χ1v) is 8.11. The Morgan fingerprint density at radius 3 is 2.42 bits per heavy atom. The van der Waals surface area contributed by atoms with Crippen LogP contribution in [0.5, 0.6) is 0 Å². The van der Waals surface area contributed by atoms with Gasteiger partial charge >= 0.3 is 5.97 Å². The molecule has 71 valence electrons. The van der Waals surface area contributed by atoms with Crippen molar-refractivity contribution >= 4 is 14.0 Å². The van der Waals surface area contributed by atoms with Crippen molar-refractivity contribution in [3.05, 3.63) is 6.92 Å². The van der Waals surface area contributed by atoms with Gasteiger partial charge in [-0.3, -0.25) is 4.79 Å². The summed E-state index contributed by atoms with van der Waals surface area (Å²) >= 11 is 0. The summed E-state index contributed by atoms with van der Waals surface area (Å²) < 4.78 is 5.01. The Morgan fingerprint density at radius 1 is 1.42 bits per heavy atom. The molecule has 0 aromatic rings. The highest BCUT2D eigenvalue weighted by atomic mass is 28.3. The zero-order valence-electron chi connectivity index (χ0n) is 8.35. The number of carbonyl (C=O) groups excluding carboxylic acids is 1. The molecule has 0 spiro atoms. The van der Waals surface area contributed by atoms with E-state index in [0.29, 0.717) is 19.4 Å². The Kier molecular flexibility index (Phi) is 5.21. The molecule has 1 radical (unpaired) electrons. The van der Waals surface area contributed by atoms with Gasteiger partial charge in [0.2, 0.25) is 0 Å². The predicted molar refractivity (Wildman–Crippen MR) is 53.7 cm³/mol. The van der Waals surface area contributed by atoms with Crippen LogP contribution in [0.1, 0.15) is 12.8 Å². The summed E-state index contributed by atoms with van der Waals surface area (Å²) in [7, 11) is -1.04. The van der Waals surface area contributed by atoms with E-state index >= 15 is 0 Å². The van der Waals surface area contributed by atoms with Crippen molar-refractivity contribution in [1.82, 2.24) is 0 Å². The molecule has 0 aliphatic carbocycles. The van der Waals surface area contributed by atoms with Crippen molar-refractivity contribution in [3.8, 4) is 0 Å². The number of hydrogen-bond acceptors (Lipinski definition) is 2. The van der Waals surface area contributed by atoms with Crippen molar-refractivity contribution in [2.24, 2.45) is 0 Å². The first-order valence-electron chi connectivity index (χ1n) is 4.40. The summed E-state index contributed by atoms with van der Waals surface area (Å²) in [4.78, 5) is 10.9. The second kappa shape index (κ2) is 5.35. The fourth-order valence-electron chi connectivity index (χ4n) is 0.688. The molecule has 0 aliphatic heterocycles. The highest BCUT2D eigenvalue weighted by Gasteiger charge is 2.13. The van der Waals surface area contributed by atoms with Crippen molar-refractivity contribution in [2.45, 2.75) is 38.5 Å². The molecular weight excluding hydrogens is 168 g/mol. The van der Waals surface area contributed by atoms with Crippen LogP contribution in [0.3, 0.4) is 0 Å². The molecule has 12 heavy (non-hydrogen) atoms. The van der Waals surface area contributed by atoms with Crippen LogP contribution < -0.4 is 0 Å². The monoisotopic (exact) mass is 187 g/mol. The summed E-state index contributed by atoms with van der Waals surface area (Å²) in [6, 6.07) is 1.05. The lowest BCUT2D eigenvalue weighted by Gasteiger charge is -2.14. The van der Waals surface area contributed by atoms with Crippen LogP contribution in [-0.2, 0) is 9.53 Å². The average molecular weight is 187 g/mol. The summed E-state index contributed by atoms with van der Waals surface area (Å²) in [5.41, 5.74) is 0. The zero-order valence-corrected chi connectivity index (χ0v) is 9.35. The molecule has 0 rings (SSSR count). The number of ether oxygens (including phenoxy) is 1. The predicted octanol–water partition coefficient (Wildman–Crippen LogP) is 2.48. The third kappa shape index (κ3) is 7.79. The van der Waals surface area contributed by atoms with Gasteiger partial charge in [0, 0.05) is 14.5 Å². The summed E-state index contributed by atoms with van der Waals surface area (Å²) in [6.45, 7) is 11.0. The summed E-state index contributed by atoms with van der Waals surface area (Å²) in [6.07, 6.45) is 1.08. The van der Waals surface area contributed by atoms with Crippen LogP contribution in [0.4, 0.5) is 0 Å². The number of carbonyl (C=O) groups is 1. The lowest BCUT2D eigenvalue weighted by atomic mass is 10.3. The van der Waals surface area contributed by atoms with Gasteiger partial charge in [-0.15, -0.1) is 0 Å². The third-order valence-corrected chi connectivity index (χ3v) is 3.20. The third-order valence-electron chi connectivity index (χ3n) is 1.50. The van der Waals surface area contributed by atoms with Gasteiger partial charge in [0.1, 0.15) is 0 Å². The average Bonchev–Trinajstić information content (AvgIpc) is 1.84. The molecule has 0 saturated heterocycles. The van der Waals surface area contributed by atoms with Crippen LogP contribution in [0.15, 0.2) is 0 Å². The normalized spacial score (nSPS) is 11.3. The van der Waals surface area contributed by atoms with Gasteiger partial charge < -0.3 is 4.74 Å². The molecule has 0 atom stereocenters. The van der Waals surface area contributed by atoms with Crippen LogP contribution in [0.25, 0.3) is 0 Å². The molecule has 0 aromatic carbocycles. The van der Waals surface area contributed by atoms with E-state index in [2.05, 4.69) is 26.6 Å².